The van der Waals surface area contributed by atoms with Crippen molar-refractivity contribution in [3.8, 4) is 0 Å². The van der Waals surface area contributed by atoms with E-state index in [-0.39, 0.29) is 12.2 Å². The summed E-state index contributed by atoms with van der Waals surface area (Å²) in [7, 11) is 0. The molecule has 9 nitrogen and oxygen atoms in total. The fraction of sp³-hybridized carbons (Fsp3) is 0.273. The maximum atomic E-state index is 11.3. The van der Waals surface area contributed by atoms with Crippen LogP contribution in [0.4, 0.5) is 10.5 Å². The van der Waals surface area contributed by atoms with Crippen molar-refractivity contribution in [3.05, 3.63) is 39.9 Å². The highest BCUT2D eigenvalue weighted by atomic mass is 16.6. The second-order valence-corrected chi connectivity index (χ2v) is 3.84. The van der Waals surface area contributed by atoms with E-state index in [1.54, 1.807) is 0 Å². The van der Waals surface area contributed by atoms with Crippen LogP contribution in [0.5, 0.6) is 0 Å². The van der Waals surface area contributed by atoms with Gasteiger partial charge in [-0.15, -0.1) is 0 Å². The number of carbonyl (C=O) groups is 2. The Bertz CT molecular complexity index is 501. The van der Waals surface area contributed by atoms with Gasteiger partial charge in [0.1, 0.15) is 0 Å². The van der Waals surface area contributed by atoms with Gasteiger partial charge in [-0.1, -0.05) is 12.1 Å². The smallest absolute Gasteiger partial charge is 0.334 e. The zero-order chi connectivity index (χ0) is 15.1. The number of amides is 2. The number of carboxylic acids is 1. The number of urea groups is 1. The summed E-state index contributed by atoms with van der Waals surface area (Å²) in [5.74, 6) is -1.43. The minimum atomic E-state index is -1.67. The van der Waals surface area contributed by atoms with Crippen LogP contribution in [0.2, 0.25) is 0 Å². The van der Waals surface area contributed by atoms with Gasteiger partial charge in [0, 0.05) is 18.7 Å². The first-order valence-corrected chi connectivity index (χ1v) is 5.56. The summed E-state index contributed by atoms with van der Waals surface area (Å²) in [6.07, 6.45) is -1.67. The summed E-state index contributed by atoms with van der Waals surface area (Å²) in [5.41, 5.74) is 0.590. The zero-order valence-corrected chi connectivity index (χ0v) is 10.3. The van der Waals surface area contributed by atoms with Crippen LogP contribution in [-0.2, 0) is 11.3 Å². The Balaban J connectivity index is 2.37. The summed E-state index contributed by atoms with van der Waals surface area (Å²) >= 11 is 0. The molecule has 0 fully saturated rings. The van der Waals surface area contributed by atoms with E-state index in [9.17, 15) is 19.7 Å². The number of non-ortho nitro benzene ring substituents is 1. The molecule has 1 atom stereocenters. The number of nitrogens with zero attached hydrogens (tertiary/aromatic N) is 1. The van der Waals surface area contributed by atoms with E-state index in [1.807, 2.05) is 0 Å². The molecule has 0 spiro atoms. The highest BCUT2D eigenvalue weighted by Crippen LogP contribution is 2.11. The van der Waals surface area contributed by atoms with Gasteiger partial charge in [-0.05, 0) is 5.56 Å². The van der Waals surface area contributed by atoms with E-state index in [4.69, 9.17) is 10.2 Å². The first-order valence-electron chi connectivity index (χ1n) is 5.56. The van der Waals surface area contributed by atoms with Crippen LogP contribution in [0.1, 0.15) is 5.56 Å². The van der Waals surface area contributed by atoms with Crippen molar-refractivity contribution in [3.63, 3.8) is 0 Å². The van der Waals surface area contributed by atoms with Crippen molar-refractivity contribution in [1.29, 1.82) is 0 Å². The lowest BCUT2D eigenvalue weighted by Gasteiger charge is -2.09. The molecule has 0 aromatic heterocycles. The molecule has 1 aromatic rings. The van der Waals surface area contributed by atoms with E-state index in [2.05, 4.69) is 10.6 Å². The third kappa shape index (κ3) is 4.90. The van der Waals surface area contributed by atoms with Gasteiger partial charge in [0.05, 0.1) is 11.5 Å². The first kappa shape index (κ1) is 15.4. The fourth-order valence-corrected chi connectivity index (χ4v) is 1.26. The lowest BCUT2D eigenvalue weighted by atomic mass is 10.2. The van der Waals surface area contributed by atoms with E-state index in [0.717, 1.165) is 0 Å². The minimum Gasteiger partial charge on any atom is -0.479 e. The number of carbonyl (C=O) groups excluding carboxylic acids is 1. The highest BCUT2D eigenvalue weighted by Gasteiger charge is 2.13. The Morgan fingerprint density at radius 1 is 1.25 bits per heavy atom. The maximum absolute atomic E-state index is 11.3. The molecule has 0 radical (unpaired) electrons. The lowest BCUT2D eigenvalue weighted by Crippen LogP contribution is -2.41. The molecular weight excluding hydrogens is 270 g/mol. The van der Waals surface area contributed by atoms with Gasteiger partial charge < -0.3 is 20.8 Å². The first-order chi connectivity index (χ1) is 9.40. The highest BCUT2D eigenvalue weighted by molar-refractivity contribution is 5.76. The molecule has 4 N–H and O–H groups in total. The molecule has 9 heteroatoms. The average molecular weight is 283 g/mol. The monoisotopic (exact) mass is 283 g/mol. The largest absolute Gasteiger partial charge is 0.479 e. The normalized spacial score (nSPS) is 11.4. The molecule has 0 aliphatic carbocycles. The third-order valence-corrected chi connectivity index (χ3v) is 2.34. The van der Waals surface area contributed by atoms with Crippen molar-refractivity contribution < 1.29 is 24.7 Å². The Morgan fingerprint density at radius 2 is 1.85 bits per heavy atom. The number of carboxylic acid groups (broad SMARTS) is 1. The van der Waals surface area contributed by atoms with Crippen LogP contribution in [-0.4, -0.2) is 39.8 Å². The summed E-state index contributed by atoms with van der Waals surface area (Å²) in [6.45, 7) is -0.297. The zero-order valence-electron chi connectivity index (χ0n) is 10.3. The number of rotatable bonds is 6. The molecule has 1 aromatic carbocycles. The van der Waals surface area contributed by atoms with Crippen LogP contribution in [0.25, 0.3) is 0 Å². The van der Waals surface area contributed by atoms with Crippen molar-refractivity contribution >= 4 is 17.7 Å². The maximum Gasteiger partial charge on any atom is 0.334 e. The number of nitro groups is 1. The van der Waals surface area contributed by atoms with Crippen molar-refractivity contribution in [2.75, 3.05) is 6.54 Å². The standard InChI is InChI=1S/C11H13N3O6/c15-9(10(16)17)6-13-11(18)12-5-7-1-3-8(4-2-7)14(19)20/h1-4,9,15H,5-6H2,(H,16,17)(H2,12,13,18). The summed E-state index contributed by atoms with van der Waals surface area (Å²) in [5, 5.41) is 32.4. The number of nitro benzene ring substituents is 1. The number of aliphatic hydroxyl groups excluding tert-OH is 1. The predicted octanol–water partition coefficient (Wildman–Crippen LogP) is -0.161. The van der Waals surface area contributed by atoms with Crippen molar-refractivity contribution in [2.24, 2.45) is 0 Å². The molecule has 0 saturated heterocycles. The number of nitrogens with one attached hydrogen (secondary N) is 2. The van der Waals surface area contributed by atoms with Crippen LogP contribution in [0.3, 0.4) is 0 Å². The van der Waals surface area contributed by atoms with Crippen LogP contribution in [0, 0.1) is 10.1 Å². The summed E-state index contributed by atoms with van der Waals surface area (Å²) in [6, 6.07) is 4.95. The molecule has 0 heterocycles. The van der Waals surface area contributed by atoms with Gasteiger partial charge >= 0.3 is 12.0 Å². The second-order valence-electron chi connectivity index (χ2n) is 3.84. The van der Waals surface area contributed by atoms with Crippen LogP contribution in [0.15, 0.2) is 24.3 Å². The second kappa shape index (κ2) is 7.04. The summed E-state index contributed by atoms with van der Waals surface area (Å²) in [4.78, 5) is 31.5. The molecule has 20 heavy (non-hydrogen) atoms. The summed E-state index contributed by atoms with van der Waals surface area (Å²) < 4.78 is 0. The quantitative estimate of drug-likeness (QED) is 0.422. The van der Waals surface area contributed by atoms with Gasteiger partial charge in [0.2, 0.25) is 0 Å². The Labute approximate surface area is 113 Å². The predicted molar refractivity (Wildman–Crippen MR) is 67.0 cm³/mol. The molecule has 1 rings (SSSR count). The average Bonchev–Trinajstić information content (AvgIpc) is 2.42. The molecule has 0 aliphatic rings. The molecule has 2 amide bonds. The number of aliphatic hydroxyl groups is 1. The molecule has 0 bridgehead atoms. The molecular formula is C11H13N3O6. The van der Waals surface area contributed by atoms with Gasteiger partial charge in [-0.25, -0.2) is 9.59 Å². The van der Waals surface area contributed by atoms with E-state index in [1.165, 1.54) is 24.3 Å². The third-order valence-electron chi connectivity index (χ3n) is 2.34. The number of benzene rings is 1. The molecule has 108 valence electrons. The van der Waals surface area contributed by atoms with Gasteiger partial charge in [0.25, 0.3) is 5.69 Å². The van der Waals surface area contributed by atoms with Crippen LogP contribution >= 0.6 is 0 Å². The van der Waals surface area contributed by atoms with Gasteiger partial charge in [-0.2, -0.15) is 0 Å². The molecule has 0 saturated carbocycles. The van der Waals surface area contributed by atoms with Crippen LogP contribution < -0.4 is 10.6 Å². The van der Waals surface area contributed by atoms with E-state index in [0.29, 0.717) is 5.56 Å². The van der Waals surface area contributed by atoms with Crippen molar-refractivity contribution in [2.45, 2.75) is 12.6 Å². The van der Waals surface area contributed by atoms with E-state index >= 15 is 0 Å². The van der Waals surface area contributed by atoms with Gasteiger partial charge in [0.15, 0.2) is 6.10 Å². The SMILES string of the molecule is O=C(NCc1ccc([N+](=O)[O-])cc1)NCC(O)C(=O)O. The number of hydrogen-bond acceptors (Lipinski definition) is 5. The number of hydrogen-bond donors (Lipinski definition) is 4. The Kier molecular flexibility index (Phi) is 5.42. The molecule has 0 aliphatic heterocycles. The number of aliphatic carboxylic acids is 1. The Morgan fingerprint density at radius 3 is 2.35 bits per heavy atom. The lowest BCUT2D eigenvalue weighted by molar-refractivity contribution is -0.384. The topological polar surface area (TPSA) is 142 Å². The minimum absolute atomic E-state index is 0.0530. The van der Waals surface area contributed by atoms with Gasteiger partial charge in [-0.3, -0.25) is 10.1 Å². The van der Waals surface area contributed by atoms with E-state index < -0.39 is 29.6 Å². The molecule has 1 unspecified atom stereocenters. The fourth-order valence-electron chi connectivity index (χ4n) is 1.26. The van der Waals surface area contributed by atoms with Crippen molar-refractivity contribution in [1.82, 2.24) is 10.6 Å². The Hall–Kier alpha value is -2.68.